The van der Waals surface area contributed by atoms with E-state index < -0.39 is 90.4 Å². The minimum atomic E-state index is -1.24. The van der Waals surface area contributed by atoms with Gasteiger partial charge in [-0.2, -0.15) is 0 Å². The number of aliphatic carboxylic acids is 1. The fourth-order valence-electron chi connectivity index (χ4n) is 6.34. The standard InChI is InChI=1S/C18H28N2O5.C10H18O5.C8H6N2O6.C8H8N2O5.C8H12N2O.C4H8O.C2H6O.C2H6.2CH4.B.FH.HI.Ni.2H2/c1-17(2,3)24-15(22)19-13-8-7-12(9-10-21)14(11-13)20-16(23)25-18(4,5)6;1-9(2,3)14-7(11)13-8(12)15-10(4,5)6;11-8(12)3-5-1-2-6(9(13)14)4-7(5)10(15)16;11-4-3-6-1-2-7(9(12)13)5-8(6)10(14)15;9-7-2-1-6(3-4-11)8(10)5-7;1-2-4-5-3-1;1-2-3;1-2;;;;;;;;/h7-8,11,21H,9-10H2,1-6H3,(H,19,22)(H,20,23);1-6H3;1-2,4H,3H2,(H,11,12);1-2,5,11H,3-4H2;1-2,5,11H,3-4,9-10H2;1-4H2;3H,2H2,1H3;1-2H3;2*1H4;;2*1H;;2*1H. The summed E-state index contributed by atoms with van der Waals surface area (Å²) >= 11 is 0. The summed E-state index contributed by atoms with van der Waals surface area (Å²) in [7, 11) is 0. The molecule has 0 aliphatic carbocycles. The van der Waals surface area contributed by atoms with Crippen LogP contribution in [0.15, 0.2) is 72.8 Å². The molecule has 5 rings (SSSR count). The summed E-state index contributed by atoms with van der Waals surface area (Å²) in [5.74, 6) is -1.24. The number of carbonyl (C=O) groups is 5. The maximum Gasteiger partial charge on any atom is 0.519 e. The third-order valence-electron chi connectivity index (χ3n) is 9.77. The number of halogens is 2. The van der Waals surface area contributed by atoms with Gasteiger partial charge in [0.1, 0.15) is 22.4 Å². The van der Waals surface area contributed by atoms with E-state index >= 15 is 0 Å². The minimum Gasteiger partial charge on any atom is -0.481 e. The largest absolute Gasteiger partial charge is 0.519 e. The van der Waals surface area contributed by atoms with Crippen LogP contribution in [0.4, 0.5) is 69.4 Å². The number of nitro groups is 4. The summed E-state index contributed by atoms with van der Waals surface area (Å²) in [4.78, 5) is 95.2. The number of ether oxygens (including phenoxy) is 6. The zero-order chi connectivity index (χ0) is 71.8. The number of hydrogen-bond acceptors (Lipinski definition) is 25. The molecule has 36 heteroatoms. The van der Waals surface area contributed by atoms with E-state index in [1.165, 1.54) is 25.0 Å². The Balaban J connectivity index is -0.000000106. The molecule has 0 atom stereocenters. The number of nitrogens with one attached hydrogen (secondary N) is 2. The quantitative estimate of drug-likeness (QED) is 0.00827. The molecule has 0 saturated carbocycles. The fourth-order valence-corrected chi connectivity index (χ4v) is 6.34. The van der Waals surface area contributed by atoms with Gasteiger partial charge in [0, 0.05) is 120 Å². The van der Waals surface area contributed by atoms with Crippen LogP contribution in [0.3, 0.4) is 0 Å². The number of carbonyl (C=O) groups excluding carboxylic acids is 4. The average molecular weight is 1560 g/mol. The number of carboxylic acid groups (broad SMARTS) is 1. The molecular weight excluding hydrogens is 1460 g/mol. The third-order valence-corrected chi connectivity index (χ3v) is 9.77. The summed E-state index contributed by atoms with van der Waals surface area (Å²) in [6, 6.07) is 16.5. The number of rotatable bonds is 14. The second kappa shape index (κ2) is 55.8. The first-order valence-electron chi connectivity index (χ1n) is 28.5. The monoisotopic (exact) mass is 1560 g/mol. The Hall–Kier alpha value is -8.15. The summed E-state index contributed by atoms with van der Waals surface area (Å²) in [5, 5.41) is 89.7. The second-order valence-electron chi connectivity index (χ2n) is 22.4. The number of nitrogens with two attached hydrogens (primary N) is 2. The first kappa shape index (κ1) is 109. The normalized spacial score (nSPS) is 10.5. The van der Waals surface area contributed by atoms with Crippen LogP contribution in [-0.2, 0) is 75.4 Å². The van der Waals surface area contributed by atoms with Gasteiger partial charge in [0.2, 0.25) is 0 Å². The molecule has 0 unspecified atom stereocenters. The number of nitro benzene ring substituents is 4. The summed E-state index contributed by atoms with van der Waals surface area (Å²) in [6.45, 7) is 28.4. The molecule has 0 spiro atoms. The molecule has 0 aromatic heterocycles. The first-order valence-corrected chi connectivity index (χ1v) is 28.5. The molecule has 4 aromatic rings. The van der Waals surface area contributed by atoms with Crippen molar-refractivity contribution in [3.63, 3.8) is 0 Å². The summed E-state index contributed by atoms with van der Waals surface area (Å²) in [6.07, 6.45) is -0.257. The summed E-state index contributed by atoms with van der Waals surface area (Å²) < 4.78 is 29.2. The number of aliphatic hydroxyl groups is 4. The number of non-ortho nitro benzene ring substituents is 2. The van der Waals surface area contributed by atoms with Gasteiger partial charge in [0.05, 0.1) is 38.2 Å². The molecule has 0 bridgehead atoms. The number of carboxylic acids is 1. The van der Waals surface area contributed by atoms with Gasteiger partial charge in [-0.1, -0.05) is 40.8 Å². The molecule has 3 radical (unpaired) electrons. The maximum absolute atomic E-state index is 12.0. The average Bonchev–Trinajstić information content (AvgIpc) is 0.905. The van der Waals surface area contributed by atoms with E-state index in [0.717, 1.165) is 48.6 Å². The molecule has 98 heavy (non-hydrogen) atoms. The van der Waals surface area contributed by atoms with Crippen molar-refractivity contribution in [2.24, 2.45) is 0 Å². The number of anilines is 4. The van der Waals surface area contributed by atoms with E-state index in [4.69, 9.17) is 55.6 Å². The molecule has 565 valence electrons. The van der Waals surface area contributed by atoms with Gasteiger partial charge in [0.25, 0.3) is 22.7 Å². The zero-order valence-electron chi connectivity index (χ0n) is 56.6. The molecule has 11 N–H and O–H groups in total. The number of aliphatic hydroxyl groups excluding tert-OH is 4. The predicted molar refractivity (Wildman–Crippen MR) is 384 cm³/mol. The van der Waals surface area contributed by atoms with Crippen molar-refractivity contribution in [3.8, 4) is 0 Å². The van der Waals surface area contributed by atoms with Crippen LogP contribution in [0.5, 0.6) is 0 Å². The Bertz CT molecular complexity index is 2980. The van der Waals surface area contributed by atoms with E-state index in [9.17, 15) is 69.5 Å². The van der Waals surface area contributed by atoms with Gasteiger partial charge < -0.3 is 65.4 Å². The number of amides is 2. The van der Waals surface area contributed by atoms with Crippen molar-refractivity contribution in [1.29, 1.82) is 0 Å². The minimum absolute atomic E-state index is 0. The molecule has 1 fully saturated rings. The van der Waals surface area contributed by atoms with Crippen molar-refractivity contribution in [3.05, 3.63) is 136 Å². The van der Waals surface area contributed by atoms with Crippen molar-refractivity contribution < 1.29 is 122 Å². The molecule has 1 saturated heterocycles. The van der Waals surface area contributed by atoms with E-state index in [-0.39, 0.29) is 127 Å². The van der Waals surface area contributed by atoms with E-state index in [1.54, 1.807) is 120 Å². The van der Waals surface area contributed by atoms with Crippen LogP contribution in [0, 0.1) is 40.5 Å². The number of nitrogens with zero attached hydrogens (tertiary/aromatic N) is 4. The molecule has 1 heterocycles. The Labute approximate surface area is 604 Å². The van der Waals surface area contributed by atoms with Crippen LogP contribution >= 0.6 is 24.0 Å². The fraction of sp³-hybridized carbons (Fsp3) is 0.532. The number of benzene rings is 4. The van der Waals surface area contributed by atoms with Crippen molar-refractivity contribution in [2.45, 2.75) is 180 Å². The first-order chi connectivity index (χ1) is 42.5. The van der Waals surface area contributed by atoms with E-state index in [0.29, 0.717) is 35.6 Å². The van der Waals surface area contributed by atoms with Gasteiger partial charge in [-0.3, -0.25) is 60.6 Å². The van der Waals surface area contributed by atoms with Gasteiger partial charge in [0.15, 0.2) is 0 Å². The van der Waals surface area contributed by atoms with Gasteiger partial charge in [-0.15, -0.1) is 24.0 Å². The Morgan fingerprint density at radius 3 is 1.23 bits per heavy atom. The van der Waals surface area contributed by atoms with Crippen LogP contribution in [0.2, 0.25) is 0 Å². The van der Waals surface area contributed by atoms with Crippen molar-refractivity contribution in [1.82, 2.24) is 0 Å². The van der Waals surface area contributed by atoms with Crippen LogP contribution < -0.4 is 22.1 Å². The Kier molecular flexibility index (Phi) is 61.8. The van der Waals surface area contributed by atoms with Crippen LogP contribution in [-0.4, -0.2) is 146 Å². The van der Waals surface area contributed by atoms with E-state index in [2.05, 4.69) is 15.4 Å². The van der Waals surface area contributed by atoms with Gasteiger partial charge in [-0.25, -0.2) is 19.2 Å². The van der Waals surface area contributed by atoms with Crippen LogP contribution in [0.25, 0.3) is 0 Å². The molecule has 32 nitrogen and oxygen atoms in total. The molecule has 1 aliphatic rings. The zero-order valence-corrected chi connectivity index (χ0v) is 59.9. The molecular formula is C62H106BFIN8NiO24. The predicted octanol–water partition coefficient (Wildman–Crippen LogP) is 13.3. The van der Waals surface area contributed by atoms with Crippen molar-refractivity contribution in [2.75, 3.05) is 61.7 Å². The van der Waals surface area contributed by atoms with Gasteiger partial charge in [-0.05, 0) is 163 Å². The topological polar surface area (TPSA) is 491 Å². The van der Waals surface area contributed by atoms with Gasteiger partial charge >= 0.3 is 30.5 Å². The number of nitrogen functional groups attached to an aromatic ring is 2. The molecule has 1 aliphatic heterocycles. The smallest absolute Gasteiger partial charge is 0.481 e. The molecule has 4 aromatic carbocycles. The molecule has 2 amide bonds. The van der Waals surface area contributed by atoms with Crippen LogP contribution in [0.1, 0.15) is 157 Å². The second-order valence-corrected chi connectivity index (χ2v) is 22.4. The SMILES string of the molecule is C.C.C1CCOC1.CC.CC(C)(C)OC(=O)Nc1ccc(CCO)c(NC(=O)OC(C)(C)C)c1.CC(C)(C)OC(=O)OC(=O)OC(C)(C)C.CCO.F.I.Nc1ccc(CCO)c(N)c1.O=C(O)Cc1ccc([N+](=O)[O-])cc1[N+](=O)[O-].O=[N+]([O-])c1ccc(CCO)c([N+](=O)[O-])c1.[B].[HH].[HH].[Ni]. The summed E-state index contributed by atoms with van der Waals surface area (Å²) in [5.41, 5.74) is 10.9. The Morgan fingerprint density at radius 1 is 0.551 bits per heavy atom. The number of hydrogen-bond donors (Lipinski definition) is 9. The van der Waals surface area contributed by atoms with E-state index in [1.807, 2.05) is 19.9 Å². The maximum atomic E-state index is 12.0. The Morgan fingerprint density at radius 2 is 0.898 bits per heavy atom. The van der Waals surface area contributed by atoms with Crippen molar-refractivity contribution >= 4 is 108 Å². The third kappa shape index (κ3) is 54.9.